The number of nitrogens with zero attached hydrogens (tertiary/aromatic N) is 1. The fourth-order valence-electron chi connectivity index (χ4n) is 3.52. The summed E-state index contributed by atoms with van der Waals surface area (Å²) >= 11 is 0. The van der Waals surface area contributed by atoms with Crippen LogP contribution in [0.3, 0.4) is 0 Å². The van der Waals surface area contributed by atoms with Gasteiger partial charge in [-0.2, -0.15) is 0 Å². The van der Waals surface area contributed by atoms with Crippen molar-refractivity contribution in [2.45, 2.75) is 63.9 Å². The predicted octanol–water partition coefficient (Wildman–Crippen LogP) is 1.45. The van der Waals surface area contributed by atoms with Gasteiger partial charge in [-0.1, -0.05) is 19.3 Å². The quantitative estimate of drug-likeness (QED) is 0.825. The van der Waals surface area contributed by atoms with Gasteiger partial charge >= 0.3 is 0 Å². The molecule has 5 nitrogen and oxygen atoms in total. The Kier molecular flexibility index (Phi) is 5.62. The van der Waals surface area contributed by atoms with E-state index in [0.717, 1.165) is 44.9 Å². The van der Waals surface area contributed by atoms with Crippen LogP contribution in [-0.4, -0.2) is 47.1 Å². The van der Waals surface area contributed by atoms with E-state index in [-0.39, 0.29) is 24.2 Å². The Hall–Kier alpha value is -1.10. The van der Waals surface area contributed by atoms with Crippen LogP contribution in [0.5, 0.6) is 0 Å². The van der Waals surface area contributed by atoms with Crippen LogP contribution in [0.4, 0.5) is 0 Å². The first-order chi connectivity index (χ1) is 10.0. The minimum Gasteiger partial charge on any atom is -0.389 e. The van der Waals surface area contributed by atoms with E-state index in [4.69, 9.17) is 0 Å². The molecule has 1 heterocycles. The highest BCUT2D eigenvalue weighted by Crippen LogP contribution is 2.32. The van der Waals surface area contributed by atoms with Gasteiger partial charge in [0.15, 0.2) is 0 Å². The van der Waals surface area contributed by atoms with Gasteiger partial charge in [-0.25, -0.2) is 0 Å². The van der Waals surface area contributed by atoms with Crippen LogP contribution in [0.15, 0.2) is 0 Å². The maximum Gasteiger partial charge on any atom is 0.225 e. The van der Waals surface area contributed by atoms with Crippen molar-refractivity contribution in [3.8, 4) is 0 Å². The summed E-state index contributed by atoms with van der Waals surface area (Å²) in [5, 5.41) is 13.3. The molecule has 0 aromatic heterocycles. The zero-order chi connectivity index (χ0) is 15.3. The lowest BCUT2D eigenvalue weighted by Gasteiger charge is -2.36. The molecule has 0 spiro atoms. The summed E-state index contributed by atoms with van der Waals surface area (Å²) in [6, 6.07) is 0. The molecule has 0 radical (unpaired) electrons. The van der Waals surface area contributed by atoms with Crippen LogP contribution in [0.1, 0.15) is 58.3 Å². The van der Waals surface area contributed by atoms with Crippen LogP contribution in [0.2, 0.25) is 0 Å². The Morgan fingerprint density at radius 1 is 1.24 bits per heavy atom. The molecule has 0 aromatic rings. The lowest BCUT2D eigenvalue weighted by molar-refractivity contribution is -0.141. The minimum atomic E-state index is -0.812. The van der Waals surface area contributed by atoms with E-state index in [0.29, 0.717) is 19.6 Å². The molecule has 2 N–H and O–H groups in total. The van der Waals surface area contributed by atoms with Gasteiger partial charge in [0.05, 0.1) is 17.9 Å². The van der Waals surface area contributed by atoms with Gasteiger partial charge in [0.25, 0.3) is 0 Å². The number of hydrogen-bond donors (Lipinski definition) is 2. The molecule has 1 saturated carbocycles. The average molecular weight is 296 g/mol. The second-order valence-corrected chi connectivity index (χ2v) is 6.54. The highest BCUT2D eigenvalue weighted by Gasteiger charge is 2.35. The molecule has 0 bridgehead atoms. The summed E-state index contributed by atoms with van der Waals surface area (Å²) in [7, 11) is 0. The molecule has 1 aliphatic heterocycles. The molecule has 1 atom stereocenters. The summed E-state index contributed by atoms with van der Waals surface area (Å²) < 4.78 is 0. The summed E-state index contributed by atoms with van der Waals surface area (Å²) in [5.74, 6) is -0.0385. The molecule has 120 valence electrons. The van der Waals surface area contributed by atoms with Crippen molar-refractivity contribution in [3.05, 3.63) is 0 Å². The standard InChI is InChI=1S/C16H28N2O3/c1-2-17-15(20)13-7-6-10-18(12-13)14(19)11-16(21)8-4-3-5-9-16/h13,21H,2-12H2,1H3,(H,17,20). The van der Waals surface area contributed by atoms with Crippen molar-refractivity contribution >= 4 is 11.8 Å². The first-order valence-corrected chi connectivity index (χ1v) is 8.32. The normalized spacial score (nSPS) is 25.4. The van der Waals surface area contributed by atoms with Crippen molar-refractivity contribution in [1.82, 2.24) is 10.2 Å². The number of piperidine rings is 1. The fraction of sp³-hybridized carbons (Fsp3) is 0.875. The van der Waals surface area contributed by atoms with E-state index in [9.17, 15) is 14.7 Å². The van der Waals surface area contributed by atoms with Crippen molar-refractivity contribution in [2.75, 3.05) is 19.6 Å². The monoisotopic (exact) mass is 296 g/mol. The first kappa shape index (κ1) is 16.3. The zero-order valence-corrected chi connectivity index (χ0v) is 13.1. The number of hydrogen-bond acceptors (Lipinski definition) is 3. The van der Waals surface area contributed by atoms with Gasteiger partial charge in [-0.3, -0.25) is 9.59 Å². The Bertz CT molecular complexity index is 378. The van der Waals surface area contributed by atoms with Crippen molar-refractivity contribution < 1.29 is 14.7 Å². The van der Waals surface area contributed by atoms with Gasteiger partial charge < -0.3 is 15.3 Å². The summed E-state index contributed by atoms with van der Waals surface area (Å²) in [4.78, 5) is 26.1. The third-order valence-corrected chi connectivity index (χ3v) is 4.76. The molecule has 2 fully saturated rings. The molecular formula is C16H28N2O3. The molecule has 1 saturated heterocycles. The smallest absolute Gasteiger partial charge is 0.225 e. The SMILES string of the molecule is CCNC(=O)C1CCCN(C(=O)CC2(O)CCCCC2)C1. The number of rotatable bonds is 4. The second-order valence-electron chi connectivity index (χ2n) is 6.54. The van der Waals surface area contributed by atoms with Crippen LogP contribution in [0, 0.1) is 5.92 Å². The molecule has 2 aliphatic rings. The highest BCUT2D eigenvalue weighted by molar-refractivity contribution is 5.81. The van der Waals surface area contributed by atoms with Gasteiger partial charge in [-0.05, 0) is 32.6 Å². The van der Waals surface area contributed by atoms with Gasteiger partial charge in [0, 0.05) is 19.6 Å². The Morgan fingerprint density at radius 2 is 1.95 bits per heavy atom. The molecule has 2 rings (SSSR count). The topological polar surface area (TPSA) is 69.6 Å². The van der Waals surface area contributed by atoms with Crippen molar-refractivity contribution in [1.29, 1.82) is 0 Å². The lowest BCUT2D eigenvalue weighted by atomic mass is 9.82. The molecular weight excluding hydrogens is 268 g/mol. The first-order valence-electron chi connectivity index (χ1n) is 8.32. The lowest BCUT2D eigenvalue weighted by Crippen LogP contribution is -2.47. The second kappa shape index (κ2) is 7.25. The number of aliphatic hydroxyl groups is 1. The van der Waals surface area contributed by atoms with Gasteiger partial charge in [0.1, 0.15) is 0 Å². The Morgan fingerprint density at radius 3 is 2.62 bits per heavy atom. The maximum atomic E-state index is 12.4. The van der Waals surface area contributed by atoms with Crippen LogP contribution >= 0.6 is 0 Å². The molecule has 2 amide bonds. The minimum absolute atomic E-state index is 0.00778. The van der Waals surface area contributed by atoms with Crippen LogP contribution in [0.25, 0.3) is 0 Å². The van der Waals surface area contributed by atoms with E-state index < -0.39 is 5.60 Å². The van der Waals surface area contributed by atoms with Crippen LogP contribution < -0.4 is 5.32 Å². The van der Waals surface area contributed by atoms with Crippen LogP contribution in [-0.2, 0) is 9.59 Å². The van der Waals surface area contributed by atoms with E-state index in [2.05, 4.69) is 5.32 Å². The summed E-state index contributed by atoms with van der Waals surface area (Å²) in [6.07, 6.45) is 6.55. The van der Waals surface area contributed by atoms with Gasteiger partial charge in [-0.15, -0.1) is 0 Å². The maximum absolute atomic E-state index is 12.4. The molecule has 5 heteroatoms. The number of likely N-dealkylation sites (tertiary alicyclic amines) is 1. The fourth-order valence-corrected chi connectivity index (χ4v) is 3.52. The van der Waals surface area contributed by atoms with Crippen molar-refractivity contribution in [3.63, 3.8) is 0 Å². The van der Waals surface area contributed by atoms with Crippen molar-refractivity contribution in [2.24, 2.45) is 5.92 Å². The molecule has 0 aromatic carbocycles. The molecule has 1 unspecified atom stereocenters. The van der Waals surface area contributed by atoms with E-state index in [1.54, 1.807) is 4.90 Å². The third-order valence-electron chi connectivity index (χ3n) is 4.76. The highest BCUT2D eigenvalue weighted by atomic mass is 16.3. The number of amides is 2. The summed E-state index contributed by atoms with van der Waals surface area (Å²) in [5.41, 5.74) is -0.812. The molecule has 21 heavy (non-hydrogen) atoms. The van der Waals surface area contributed by atoms with Gasteiger partial charge in [0.2, 0.25) is 11.8 Å². The summed E-state index contributed by atoms with van der Waals surface area (Å²) in [6.45, 7) is 3.75. The average Bonchev–Trinajstić information content (AvgIpc) is 2.48. The number of nitrogens with one attached hydrogen (secondary N) is 1. The van der Waals surface area contributed by atoms with E-state index in [1.807, 2.05) is 6.92 Å². The Labute approximate surface area is 127 Å². The van der Waals surface area contributed by atoms with E-state index in [1.165, 1.54) is 0 Å². The Balaban J connectivity index is 1.88. The number of carbonyl (C=O) groups is 2. The van der Waals surface area contributed by atoms with E-state index >= 15 is 0 Å². The zero-order valence-electron chi connectivity index (χ0n) is 13.1. The predicted molar refractivity (Wildman–Crippen MR) is 80.6 cm³/mol. The number of carbonyl (C=O) groups excluding carboxylic acids is 2. The third kappa shape index (κ3) is 4.43. The largest absolute Gasteiger partial charge is 0.389 e. The molecule has 1 aliphatic carbocycles.